The molecule has 24 heavy (non-hydrogen) atoms. The van der Waals surface area contributed by atoms with E-state index in [0.29, 0.717) is 28.5 Å². The minimum Gasteiger partial charge on any atom is -0.497 e. The number of methoxy groups -OCH3 is 1. The summed E-state index contributed by atoms with van der Waals surface area (Å²) in [5, 5.41) is 10.1. The number of H-pyrrole nitrogens is 1. The van der Waals surface area contributed by atoms with Crippen molar-refractivity contribution in [2.75, 3.05) is 7.11 Å². The predicted molar refractivity (Wildman–Crippen MR) is 95.6 cm³/mol. The molecule has 0 bridgehead atoms. The average molecular weight is 346 g/mol. The Morgan fingerprint density at radius 3 is 2.67 bits per heavy atom. The maximum atomic E-state index is 12.6. The molecule has 0 spiro atoms. The van der Waals surface area contributed by atoms with Gasteiger partial charge in [-0.15, -0.1) is 6.58 Å². The topological polar surface area (TPSA) is 71.9 Å². The lowest BCUT2D eigenvalue weighted by Crippen LogP contribution is -2.33. The molecule has 0 radical (unpaired) electrons. The van der Waals surface area contributed by atoms with E-state index in [0.717, 1.165) is 0 Å². The molecule has 0 aliphatic heterocycles. The third-order valence-corrected chi connectivity index (χ3v) is 3.99. The number of allylic oxidation sites excluding steroid dienone is 1. The summed E-state index contributed by atoms with van der Waals surface area (Å²) in [6.45, 7) is 8.32. The number of amides is 1. The van der Waals surface area contributed by atoms with E-state index in [4.69, 9.17) is 17.0 Å². The Labute approximate surface area is 146 Å². The molecule has 0 saturated heterocycles. The molecule has 0 aliphatic carbocycles. The van der Waals surface area contributed by atoms with Crippen LogP contribution in [0, 0.1) is 10.7 Å². The molecule has 2 aromatic rings. The van der Waals surface area contributed by atoms with E-state index in [-0.39, 0.29) is 17.9 Å². The lowest BCUT2D eigenvalue weighted by Gasteiger charge is -2.22. The fourth-order valence-electron chi connectivity index (χ4n) is 2.37. The Bertz CT molecular complexity index is 762. The van der Waals surface area contributed by atoms with Gasteiger partial charge in [0.15, 0.2) is 10.6 Å². The van der Waals surface area contributed by atoms with Crippen molar-refractivity contribution in [2.24, 2.45) is 5.92 Å². The van der Waals surface area contributed by atoms with E-state index in [2.05, 4.69) is 22.1 Å². The van der Waals surface area contributed by atoms with Gasteiger partial charge < -0.3 is 10.1 Å². The van der Waals surface area contributed by atoms with Crippen molar-refractivity contribution in [1.29, 1.82) is 0 Å². The Hall–Kier alpha value is -2.41. The predicted octanol–water partition coefficient (Wildman–Crippen LogP) is 3.26. The summed E-state index contributed by atoms with van der Waals surface area (Å²) in [6.07, 6.45) is 1.75. The van der Waals surface area contributed by atoms with Crippen molar-refractivity contribution in [3.63, 3.8) is 0 Å². The molecule has 6 nitrogen and oxygen atoms in total. The van der Waals surface area contributed by atoms with Gasteiger partial charge in [-0.05, 0) is 42.4 Å². The third kappa shape index (κ3) is 3.91. The van der Waals surface area contributed by atoms with Crippen LogP contribution in [0.1, 0.15) is 36.1 Å². The summed E-state index contributed by atoms with van der Waals surface area (Å²) in [5.74, 6) is 1.37. The van der Waals surface area contributed by atoms with Crippen LogP contribution < -0.4 is 10.1 Å². The number of ether oxygens (including phenoxy) is 1. The minimum atomic E-state index is -0.271. The van der Waals surface area contributed by atoms with Gasteiger partial charge in [0.05, 0.1) is 13.2 Å². The Morgan fingerprint density at radius 2 is 2.12 bits per heavy atom. The number of aromatic amines is 1. The number of aromatic nitrogens is 3. The zero-order chi connectivity index (χ0) is 17.7. The monoisotopic (exact) mass is 346 g/mol. The summed E-state index contributed by atoms with van der Waals surface area (Å²) < 4.78 is 7.46. The maximum Gasteiger partial charge on any atom is 0.251 e. The lowest BCUT2D eigenvalue weighted by molar-refractivity contribution is 0.0922. The van der Waals surface area contributed by atoms with Crippen LogP contribution in [0.2, 0.25) is 0 Å². The number of nitrogens with zero attached hydrogens (tertiary/aromatic N) is 2. The molecule has 0 unspecified atom stereocenters. The molecular formula is C17H22N4O2S. The van der Waals surface area contributed by atoms with Crippen LogP contribution in [0.3, 0.4) is 0 Å². The highest BCUT2D eigenvalue weighted by atomic mass is 32.1. The number of hydrogen-bond donors (Lipinski definition) is 2. The van der Waals surface area contributed by atoms with E-state index in [1.165, 1.54) is 0 Å². The SMILES string of the molecule is C=CCn1c([C@@H](NC(=O)c2ccc(OC)cc2)C(C)C)n[nH]c1=S. The molecular weight excluding hydrogens is 324 g/mol. The molecule has 1 aromatic heterocycles. The van der Waals surface area contributed by atoms with Crippen molar-refractivity contribution in [3.05, 3.63) is 53.1 Å². The van der Waals surface area contributed by atoms with Crippen molar-refractivity contribution in [3.8, 4) is 5.75 Å². The Morgan fingerprint density at radius 1 is 1.46 bits per heavy atom. The Kier molecular flexibility index (Phi) is 5.92. The van der Waals surface area contributed by atoms with Gasteiger partial charge in [0.2, 0.25) is 0 Å². The van der Waals surface area contributed by atoms with Crippen molar-refractivity contribution in [2.45, 2.75) is 26.4 Å². The molecule has 0 saturated carbocycles. The highest BCUT2D eigenvalue weighted by molar-refractivity contribution is 7.71. The number of carbonyl (C=O) groups is 1. The molecule has 1 heterocycles. The standard InChI is InChI=1S/C17H22N4O2S/c1-5-10-21-15(19-20-17(21)24)14(11(2)3)18-16(22)12-6-8-13(23-4)9-7-12/h5-9,11,14H,1,10H2,2-4H3,(H,18,22)(H,20,24)/t14-/m0/s1. The zero-order valence-corrected chi connectivity index (χ0v) is 14.9. The highest BCUT2D eigenvalue weighted by Gasteiger charge is 2.24. The molecule has 1 amide bonds. The van der Waals surface area contributed by atoms with Gasteiger partial charge in [-0.3, -0.25) is 14.5 Å². The van der Waals surface area contributed by atoms with Gasteiger partial charge >= 0.3 is 0 Å². The average Bonchev–Trinajstić information content (AvgIpc) is 2.93. The van der Waals surface area contributed by atoms with Gasteiger partial charge in [-0.1, -0.05) is 19.9 Å². The quantitative estimate of drug-likeness (QED) is 0.596. The number of benzene rings is 1. The summed E-state index contributed by atoms with van der Waals surface area (Å²) in [6, 6.07) is 6.70. The Balaban J connectivity index is 2.26. The van der Waals surface area contributed by atoms with Crippen LogP contribution in [0.5, 0.6) is 5.75 Å². The molecule has 2 rings (SSSR count). The molecule has 1 aromatic carbocycles. The van der Waals surface area contributed by atoms with E-state index in [9.17, 15) is 4.79 Å². The zero-order valence-electron chi connectivity index (χ0n) is 14.1. The highest BCUT2D eigenvalue weighted by Crippen LogP contribution is 2.21. The maximum absolute atomic E-state index is 12.6. The molecule has 1 atom stereocenters. The minimum absolute atomic E-state index is 0.140. The smallest absolute Gasteiger partial charge is 0.251 e. The van der Waals surface area contributed by atoms with Crippen LogP contribution in [-0.4, -0.2) is 27.8 Å². The van der Waals surface area contributed by atoms with Gasteiger partial charge in [-0.2, -0.15) is 5.10 Å². The first-order valence-corrected chi connectivity index (χ1v) is 8.09. The van der Waals surface area contributed by atoms with Crippen molar-refractivity contribution >= 4 is 18.1 Å². The summed E-state index contributed by atoms with van der Waals surface area (Å²) in [4.78, 5) is 12.6. The van der Waals surface area contributed by atoms with Gasteiger partial charge in [0, 0.05) is 12.1 Å². The summed E-state index contributed by atoms with van der Waals surface area (Å²) in [5.41, 5.74) is 0.561. The number of nitrogens with one attached hydrogen (secondary N) is 2. The first-order valence-electron chi connectivity index (χ1n) is 7.68. The van der Waals surface area contributed by atoms with E-state index in [1.54, 1.807) is 37.5 Å². The van der Waals surface area contributed by atoms with E-state index < -0.39 is 0 Å². The van der Waals surface area contributed by atoms with Crippen LogP contribution in [0.4, 0.5) is 0 Å². The van der Waals surface area contributed by atoms with E-state index >= 15 is 0 Å². The van der Waals surface area contributed by atoms with Crippen LogP contribution in [-0.2, 0) is 6.54 Å². The largest absolute Gasteiger partial charge is 0.497 e. The van der Waals surface area contributed by atoms with Crippen LogP contribution in [0.15, 0.2) is 36.9 Å². The second-order valence-electron chi connectivity index (χ2n) is 5.71. The fourth-order valence-corrected chi connectivity index (χ4v) is 2.58. The van der Waals surface area contributed by atoms with E-state index in [1.807, 2.05) is 18.4 Å². The number of carbonyl (C=O) groups excluding carboxylic acids is 1. The van der Waals surface area contributed by atoms with Crippen LogP contribution in [0.25, 0.3) is 0 Å². The van der Waals surface area contributed by atoms with Crippen LogP contribution >= 0.6 is 12.2 Å². The first-order chi connectivity index (χ1) is 11.5. The number of rotatable bonds is 7. The van der Waals surface area contributed by atoms with Gasteiger partial charge in [-0.25, -0.2) is 0 Å². The fraction of sp³-hybridized carbons (Fsp3) is 0.353. The second-order valence-corrected chi connectivity index (χ2v) is 6.10. The molecule has 128 valence electrons. The van der Waals surface area contributed by atoms with Crippen molar-refractivity contribution in [1.82, 2.24) is 20.1 Å². The summed E-state index contributed by atoms with van der Waals surface area (Å²) in [7, 11) is 1.59. The third-order valence-electron chi connectivity index (χ3n) is 3.68. The molecule has 0 fully saturated rings. The summed E-state index contributed by atoms with van der Waals surface area (Å²) >= 11 is 5.25. The number of hydrogen-bond acceptors (Lipinski definition) is 4. The first kappa shape index (κ1) is 17.9. The molecule has 2 N–H and O–H groups in total. The molecule has 7 heteroatoms. The lowest BCUT2D eigenvalue weighted by atomic mass is 10.0. The van der Waals surface area contributed by atoms with Gasteiger partial charge in [0.1, 0.15) is 5.75 Å². The van der Waals surface area contributed by atoms with Gasteiger partial charge in [0.25, 0.3) is 5.91 Å². The normalized spacial score (nSPS) is 12.0. The van der Waals surface area contributed by atoms with Crippen molar-refractivity contribution < 1.29 is 9.53 Å². The molecule has 0 aliphatic rings. The second kappa shape index (κ2) is 7.92.